The fourth-order valence-corrected chi connectivity index (χ4v) is 4.06. The highest BCUT2D eigenvalue weighted by molar-refractivity contribution is 5.85. The first-order valence-corrected chi connectivity index (χ1v) is 8.17. The summed E-state index contributed by atoms with van der Waals surface area (Å²) in [6.07, 6.45) is 7.26. The van der Waals surface area contributed by atoms with Gasteiger partial charge < -0.3 is 10.6 Å². The molecule has 1 saturated heterocycles. The average molecular weight is 363 g/mol. The fourth-order valence-electron chi connectivity index (χ4n) is 4.06. The zero-order valence-corrected chi connectivity index (χ0v) is 15.3. The molecule has 132 valence electrons. The van der Waals surface area contributed by atoms with E-state index in [-0.39, 0.29) is 30.7 Å². The van der Waals surface area contributed by atoms with Crippen molar-refractivity contribution in [1.29, 1.82) is 0 Å². The number of hydrogen-bond acceptors (Lipinski definition) is 3. The number of aromatic nitrogens is 2. The Hall–Kier alpha value is -0.780. The number of nitrogens with zero attached hydrogens (tertiary/aromatic N) is 3. The van der Waals surface area contributed by atoms with Gasteiger partial charge in [0.2, 0.25) is 5.91 Å². The average Bonchev–Trinajstić information content (AvgIpc) is 3.15. The number of carbonyl (C=O) groups excluding carboxylic acids is 1. The Kier molecular flexibility index (Phi) is 7.84. The van der Waals surface area contributed by atoms with Crippen molar-refractivity contribution < 1.29 is 4.79 Å². The molecular formula is C16H28Cl2N4O. The van der Waals surface area contributed by atoms with Crippen LogP contribution in [0, 0.1) is 11.8 Å². The largest absolute Gasteiger partial charge is 0.342 e. The van der Waals surface area contributed by atoms with Crippen molar-refractivity contribution in [1.82, 2.24) is 14.7 Å². The lowest BCUT2D eigenvalue weighted by atomic mass is 9.90. The Balaban J connectivity index is 0.00000132. The first kappa shape index (κ1) is 20.3. The summed E-state index contributed by atoms with van der Waals surface area (Å²) in [7, 11) is 2.00. The molecule has 2 heterocycles. The lowest BCUT2D eigenvalue weighted by Crippen LogP contribution is -2.43. The highest BCUT2D eigenvalue weighted by atomic mass is 35.5. The Morgan fingerprint density at radius 2 is 1.96 bits per heavy atom. The number of halogens is 2. The van der Waals surface area contributed by atoms with E-state index in [9.17, 15) is 4.79 Å². The first-order chi connectivity index (χ1) is 10.2. The standard InChI is InChI=1S/C16H26N4O.2ClH/c1-19-15(5-8-18-19)12-6-9-20(10-7-12)16(21)14-4-2-3-13(14)11-17;;/h5,8,12-14H,2-4,6-7,9-11,17H2,1H3;2*1H/t13-,14-;;/m1../s1. The van der Waals surface area contributed by atoms with E-state index >= 15 is 0 Å². The molecular weight excluding hydrogens is 335 g/mol. The minimum Gasteiger partial charge on any atom is -0.342 e. The monoisotopic (exact) mass is 362 g/mol. The molecule has 0 aromatic carbocycles. The van der Waals surface area contributed by atoms with E-state index < -0.39 is 0 Å². The summed E-state index contributed by atoms with van der Waals surface area (Å²) in [6, 6.07) is 2.10. The van der Waals surface area contributed by atoms with E-state index in [4.69, 9.17) is 5.73 Å². The Morgan fingerprint density at radius 3 is 2.52 bits per heavy atom. The molecule has 5 nitrogen and oxygen atoms in total. The maximum atomic E-state index is 12.7. The lowest BCUT2D eigenvalue weighted by Gasteiger charge is -2.34. The lowest BCUT2D eigenvalue weighted by molar-refractivity contribution is -0.137. The molecule has 1 aliphatic heterocycles. The van der Waals surface area contributed by atoms with E-state index in [0.29, 0.717) is 24.3 Å². The summed E-state index contributed by atoms with van der Waals surface area (Å²) in [4.78, 5) is 14.8. The molecule has 1 aromatic heterocycles. The van der Waals surface area contributed by atoms with E-state index in [0.717, 1.165) is 45.2 Å². The second-order valence-corrected chi connectivity index (χ2v) is 6.51. The molecule has 0 spiro atoms. The topological polar surface area (TPSA) is 64.2 Å². The number of carbonyl (C=O) groups is 1. The van der Waals surface area contributed by atoms with Crippen molar-refractivity contribution >= 4 is 30.7 Å². The summed E-state index contributed by atoms with van der Waals surface area (Å²) in [5, 5.41) is 4.25. The van der Waals surface area contributed by atoms with Gasteiger partial charge in [0.25, 0.3) is 0 Å². The SMILES string of the molecule is Cl.Cl.Cn1nccc1C1CCN(C(=O)[C@@H]2CCC[C@@H]2CN)CC1. The van der Waals surface area contributed by atoms with Crippen LogP contribution in [0.25, 0.3) is 0 Å². The van der Waals surface area contributed by atoms with Gasteiger partial charge in [0.15, 0.2) is 0 Å². The van der Waals surface area contributed by atoms with Crippen LogP contribution >= 0.6 is 24.8 Å². The van der Waals surface area contributed by atoms with E-state index in [1.807, 2.05) is 17.9 Å². The van der Waals surface area contributed by atoms with Gasteiger partial charge in [-0.05, 0) is 44.2 Å². The molecule has 0 radical (unpaired) electrons. The van der Waals surface area contributed by atoms with Crippen molar-refractivity contribution in [2.75, 3.05) is 19.6 Å². The number of aryl methyl sites for hydroxylation is 1. The van der Waals surface area contributed by atoms with Crippen LogP contribution in [0.2, 0.25) is 0 Å². The second kappa shape index (κ2) is 8.90. The number of hydrogen-bond donors (Lipinski definition) is 1. The van der Waals surface area contributed by atoms with Crippen LogP contribution in [0.1, 0.15) is 43.7 Å². The van der Waals surface area contributed by atoms with E-state index in [2.05, 4.69) is 16.1 Å². The number of amides is 1. The normalized spacial score (nSPS) is 24.9. The smallest absolute Gasteiger partial charge is 0.226 e. The van der Waals surface area contributed by atoms with Crippen molar-refractivity contribution in [3.63, 3.8) is 0 Å². The molecule has 2 atom stereocenters. The molecule has 3 rings (SSSR count). The summed E-state index contributed by atoms with van der Waals surface area (Å²) in [6.45, 7) is 2.41. The molecule has 7 heteroatoms. The third-order valence-corrected chi connectivity index (χ3v) is 5.36. The molecule has 1 aromatic rings. The molecule has 23 heavy (non-hydrogen) atoms. The van der Waals surface area contributed by atoms with Gasteiger partial charge in [0.1, 0.15) is 0 Å². The van der Waals surface area contributed by atoms with Crippen LogP contribution in [0.15, 0.2) is 12.3 Å². The maximum absolute atomic E-state index is 12.7. The van der Waals surface area contributed by atoms with Crippen LogP contribution in [-0.4, -0.2) is 40.2 Å². The maximum Gasteiger partial charge on any atom is 0.226 e. The van der Waals surface area contributed by atoms with Crippen molar-refractivity contribution in [3.8, 4) is 0 Å². The third kappa shape index (κ3) is 4.20. The number of piperidine rings is 1. The van der Waals surface area contributed by atoms with Gasteiger partial charge in [-0.3, -0.25) is 9.48 Å². The van der Waals surface area contributed by atoms with Gasteiger partial charge in [0, 0.05) is 43.9 Å². The summed E-state index contributed by atoms with van der Waals surface area (Å²) in [5.41, 5.74) is 7.11. The minimum atomic E-state index is 0. The van der Waals surface area contributed by atoms with Crippen LogP contribution in [0.4, 0.5) is 0 Å². The van der Waals surface area contributed by atoms with Crippen LogP contribution in [-0.2, 0) is 11.8 Å². The highest BCUT2D eigenvalue weighted by Gasteiger charge is 2.36. The Bertz CT molecular complexity index is 500. The van der Waals surface area contributed by atoms with Gasteiger partial charge in [-0.15, -0.1) is 24.8 Å². The highest BCUT2D eigenvalue weighted by Crippen LogP contribution is 2.34. The van der Waals surface area contributed by atoms with Gasteiger partial charge in [0.05, 0.1) is 0 Å². The number of rotatable bonds is 3. The second-order valence-electron chi connectivity index (χ2n) is 6.51. The molecule has 1 aliphatic carbocycles. The quantitative estimate of drug-likeness (QED) is 0.897. The predicted molar refractivity (Wildman–Crippen MR) is 96.1 cm³/mol. The molecule has 2 N–H and O–H groups in total. The van der Waals surface area contributed by atoms with Crippen LogP contribution in [0.3, 0.4) is 0 Å². The van der Waals surface area contributed by atoms with Crippen LogP contribution < -0.4 is 5.73 Å². The number of likely N-dealkylation sites (tertiary alicyclic amines) is 1. The van der Waals surface area contributed by atoms with E-state index in [1.165, 1.54) is 5.69 Å². The molecule has 2 aliphatic rings. The van der Waals surface area contributed by atoms with Gasteiger partial charge in [-0.2, -0.15) is 5.10 Å². The Labute approximate surface area is 150 Å². The molecule has 1 saturated carbocycles. The van der Waals surface area contributed by atoms with Crippen molar-refractivity contribution in [2.45, 2.75) is 38.0 Å². The number of nitrogens with two attached hydrogens (primary N) is 1. The van der Waals surface area contributed by atoms with E-state index in [1.54, 1.807) is 0 Å². The van der Waals surface area contributed by atoms with Crippen molar-refractivity contribution in [3.05, 3.63) is 18.0 Å². The zero-order chi connectivity index (χ0) is 14.8. The minimum absolute atomic E-state index is 0. The molecule has 0 unspecified atom stereocenters. The molecule has 0 bridgehead atoms. The Morgan fingerprint density at radius 1 is 1.26 bits per heavy atom. The predicted octanol–water partition coefficient (Wildman–Crippen LogP) is 2.34. The third-order valence-electron chi connectivity index (χ3n) is 5.36. The van der Waals surface area contributed by atoms with Gasteiger partial charge in [-0.25, -0.2) is 0 Å². The first-order valence-electron chi connectivity index (χ1n) is 8.17. The summed E-state index contributed by atoms with van der Waals surface area (Å²) in [5.74, 6) is 1.48. The fraction of sp³-hybridized carbons (Fsp3) is 0.750. The summed E-state index contributed by atoms with van der Waals surface area (Å²) < 4.78 is 1.96. The van der Waals surface area contributed by atoms with Gasteiger partial charge >= 0.3 is 0 Å². The zero-order valence-electron chi connectivity index (χ0n) is 13.7. The van der Waals surface area contributed by atoms with Crippen LogP contribution in [0.5, 0.6) is 0 Å². The molecule has 1 amide bonds. The molecule has 2 fully saturated rings. The van der Waals surface area contributed by atoms with Crippen molar-refractivity contribution in [2.24, 2.45) is 24.6 Å². The summed E-state index contributed by atoms with van der Waals surface area (Å²) >= 11 is 0. The van der Waals surface area contributed by atoms with Gasteiger partial charge in [-0.1, -0.05) is 6.42 Å².